The second kappa shape index (κ2) is 6.43. The molecule has 0 saturated carbocycles. The van der Waals surface area contributed by atoms with Gasteiger partial charge in [-0.25, -0.2) is 0 Å². The number of nitrogens with zero attached hydrogens (tertiary/aromatic N) is 2. The first kappa shape index (κ1) is 12.9. The number of hydrogen-bond donors (Lipinski definition) is 1. The van der Waals surface area contributed by atoms with Crippen molar-refractivity contribution in [2.24, 2.45) is 5.73 Å². The van der Waals surface area contributed by atoms with Crippen molar-refractivity contribution < 1.29 is 4.74 Å². The number of likely N-dealkylation sites (N-methyl/N-ethyl adjacent to an activating group) is 2. The second-order valence-corrected chi connectivity index (χ2v) is 4.71. The fourth-order valence-electron chi connectivity index (χ4n) is 2.31. The Morgan fingerprint density at radius 1 is 1.60 bits per heavy atom. The molecule has 0 aliphatic carbocycles. The Balaban J connectivity index is 2.19. The van der Waals surface area contributed by atoms with Gasteiger partial charge in [0.1, 0.15) is 0 Å². The summed E-state index contributed by atoms with van der Waals surface area (Å²) in [6.07, 6.45) is 2.65. The topological polar surface area (TPSA) is 41.7 Å². The molecule has 0 bridgehead atoms. The van der Waals surface area contributed by atoms with Crippen LogP contribution in [0.15, 0.2) is 0 Å². The smallest absolute Gasteiger partial charge is 0.0626 e. The number of nitrogens with two attached hydrogens (primary N) is 1. The molecule has 0 radical (unpaired) electrons. The van der Waals surface area contributed by atoms with Gasteiger partial charge in [0.15, 0.2) is 0 Å². The van der Waals surface area contributed by atoms with E-state index in [1.807, 2.05) is 0 Å². The lowest BCUT2D eigenvalue weighted by Crippen LogP contribution is -2.43. The standard InChI is InChI=1S/C11H25N3O/c1-13(7-10(12)9-15-3)8-11-5-4-6-14(11)2/h10-11H,4-9,12H2,1-3H3. The van der Waals surface area contributed by atoms with E-state index < -0.39 is 0 Å². The van der Waals surface area contributed by atoms with Crippen molar-refractivity contribution in [2.75, 3.05) is 47.4 Å². The van der Waals surface area contributed by atoms with Gasteiger partial charge in [0.05, 0.1) is 6.61 Å². The Hall–Kier alpha value is -0.160. The number of rotatable bonds is 6. The van der Waals surface area contributed by atoms with E-state index in [1.54, 1.807) is 7.11 Å². The number of likely N-dealkylation sites (tertiary alicyclic amines) is 1. The van der Waals surface area contributed by atoms with Crippen LogP contribution in [0.1, 0.15) is 12.8 Å². The highest BCUT2D eigenvalue weighted by molar-refractivity contribution is 4.79. The summed E-state index contributed by atoms with van der Waals surface area (Å²) >= 11 is 0. The lowest BCUT2D eigenvalue weighted by molar-refractivity contribution is 0.150. The van der Waals surface area contributed by atoms with Crippen LogP contribution in [0.4, 0.5) is 0 Å². The third-order valence-electron chi connectivity index (χ3n) is 3.12. The zero-order valence-corrected chi connectivity index (χ0v) is 10.3. The maximum atomic E-state index is 5.91. The van der Waals surface area contributed by atoms with Crippen molar-refractivity contribution in [3.8, 4) is 0 Å². The summed E-state index contributed by atoms with van der Waals surface area (Å²) in [6.45, 7) is 3.92. The summed E-state index contributed by atoms with van der Waals surface area (Å²) in [6, 6.07) is 0.844. The molecule has 1 aliphatic heterocycles. The third-order valence-corrected chi connectivity index (χ3v) is 3.12. The largest absolute Gasteiger partial charge is 0.383 e. The molecule has 0 aromatic heterocycles. The Morgan fingerprint density at radius 3 is 2.87 bits per heavy atom. The fraction of sp³-hybridized carbons (Fsp3) is 1.00. The summed E-state index contributed by atoms with van der Waals surface area (Å²) in [7, 11) is 6.05. The van der Waals surface area contributed by atoms with Crippen molar-refractivity contribution in [1.29, 1.82) is 0 Å². The minimum absolute atomic E-state index is 0.131. The number of methoxy groups -OCH3 is 1. The van der Waals surface area contributed by atoms with Gasteiger partial charge in [-0.1, -0.05) is 0 Å². The molecule has 1 aliphatic rings. The number of ether oxygens (including phenoxy) is 1. The van der Waals surface area contributed by atoms with Crippen LogP contribution >= 0.6 is 0 Å². The molecule has 1 saturated heterocycles. The predicted molar refractivity (Wildman–Crippen MR) is 63.0 cm³/mol. The highest BCUT2D eigenvalue weighted by Gasteiger charge is 2.22. The first-order valence-electron chi connectivity index (χ1n) is 5.76. The summed E-state index contributed by atoms with van der Waals surface area (Å²) in [5.41, 5.74) is 5.91. The minimum Gasteiger partial charge on any atom is -0.383 e. The van der Waals surface area contributed by atoms with Crippen molar-refractivity contribution >= 4 is 0 Å². The van der Waals surface area contributed by atoms with Gasteiger partial charge in [0.25, 0.3) is 0 Å². The Morgan fingerprint density at radius 2 is 2.33 bits per heavy atom. The van der Waals surface area contributed by atoms with Gasteiger partial charge < -0.3 is 20.3 Å². The van der Waals surface area contributed by atoms with Gasteiger partial charge in [-0.3, -0.25) is 0 Å². The molecule has 2 N–H and O–H groups in total. The van der Waals surface area contributed by atoms with E-state index in [0.717, 1.165) is 13.1 Å². The summed E-state index contributed by atoms with van der Waals surface area (Å²) in [5.74, 6) is 0. The molecule has 0 spiro atoms. The lowest BCUT2D eigenvalue weighted by Gasteiger charge is -2.27. The van der Waals surface area contributed by atoms with Crippen molar-refractivity contribution in [3.63, 3.8) is 0 Å². The van der Waals surface area contributed by atoms with Gasteiger partial charge in [0, 0.05) is 32.3 Å². The molecule has 1 rings (SSSR count). The average molecular weight is 215 g/mol. The van der Waals surface area contributed by atoms with Crippen molar-refractivity contribution in [2.45, 2.75) is 24.9 Å². The zero-order valence-electron chi connectivity index (χ0n) is 10.3. The van der Waals surface area contributed by atoms with Crippen LogP contribution in [0.25, 0.3) is 0 Å². The molecule has 1 heterocycles. The molecule has 0 amide bonds. The fourth-order valence-corrected chi connectivity index (χ4v) is 2.31. The van der Waals surface area contributed by atoms with E-state index in [4.69, 9.17) is 10.5 Å². The van der Waals surface area contributed by atoms with E-state index in [2.05, 4.69) is 23.9 Å². The molecule has 4 heteroatoms. The van der Waals surface area contributed by atoms with Crippen LogP contribution in [0.2, 0.25) is 0 Å². The van der Waals surface area contributed by atoms with E-state index in [0.29, 0.717) is 12.6 Å². The third kappa shape index (κ3) is 4.47. The monoisotopic (exact) mass is 215 g/mol. The summed E-state index contributed by atoms with van der Waals surface area (Å²) in [5, 5.41) is 0. The maximum Gasteiger partial charge on any atom is 0.0626 e. The second-order valence-electron chi connectivity index (χ2n) is 4.71. The zero-order chi connectivity index (χ0) is 11.3. The molecule has 1 fully saturated rings. The predicted octanol–water partition coefficient (Wildman–Crippen LogP) is -0.0139. The van der Waals surface area contributed by atoms with Gasteiger partial charge in [0.2, 0.25) is 0 Å². The van der Waals surface area contributed by atoms with Gasteiger partial charge in [-0.2, -0.15) is 0 Å². The van der Waals surface area contributed by atoms with Gasteiger partial charge in [-0.15, -0.1) is 0 Å². The molecule has 15 heavy (non-hydrogen) atoms. The van der Waals surface area contributed by atoms with Crippen LogP contribution in [-0.4, -0.2) is 69.3 Å². The van der Waals surface area contributed by atoms with Crippen molar-refractivity contribution in [1.82, 2.24) is 9.80 Å². The molecular formula is C11H25N3O. The molecule has 2 atom stereocenters. The molecule has 0 aromatic carbocycles. The SMILES string of the molecule is COCC(N)CN(C)CC1CCCN1C. The quantitative estimate of drug-likeness (QED) is 0.676. The average Bonchev–Trinajstić information content (AvgIpc) is 2.52. The normalized spacial score (nSPS) is 25.0. The van der Waals surface area contributed by atoms with Crippen LogP contribution in [0.3, 0.4) is 0 Å². The minimum atomic E-state index is 0.131. The molecule has 4 nitrogen and oxygen atoms in total. The summed E-state index contributed by atoms with van der Waals surface area (Å²) < 4.78 is 5.03. The highest BCUT2D eigenvalue weighted by atomic mass is 16.5. The molecule has 0 aromatic rings. The van der Waals surface area contributed by atoms with Crippen LogP contribution in [0.5, 0.6) is 0 Å². The van der Waals surface area contributed by atoms with Crippen LogP contribution < -0.4 is 5.73 Å². The van der Waals surface area contributed by atoms with Crippen LogP contribution in [0, 0.1) is 0 Å². The molecule has 90 valence electrons. The molecule has 2 unspecified atom stereocenters. The highest BCUT2D eigenvalue weighted by Crippen LogP contribution is 2.15. The lowest BCUT2D eigenvalue weighted by atomic mass is 10.2. The van der Waals surface area contributed by atoms with Crippen LogP contribution in [-0.2, 0) is 4.74 Å². The molecular weight excluding hydrogens is 190 g/mol. The maximum absolute atomic E-state index is 5.91. The van der Waals surface area contributed by atoms with E-state index in [9.17, 15) is 0 Å². The Kier molecular flexibility index (Phi) is 5.53. The van der Waals surface area contributed by atoms with Gasteiger partial charge >= 0.3 is 0 Å². The Bertz CT molecular complexity index is 177. The first-order chi connectivity index (χ1) is 7.13. The Labute approximate surface area is 93.4 Å². The summed E-state index contributed by atoms with van der Waals surface area (Å²) in [4.78, 5) is 4.76. The van der Waals surface area contributed by atoms with E-state index >= 15 is 0 Å². The van der Waals surface area contributed by atoms with Gasteiger partial charge in [-0.05, 0) is 33.5 Å². The van der Waals surface area contributed by atoms with E-state index in [1.165, 1.54) is 19.4 Å². The van der Waals surface area contributed by atoms with Crippen molar-refractivity contribution in [3.05, 3.63) is 0 Å². The number of hydrogen-bond acceptors (Lipinski definition) is 4. The first-order valence-corrected chi connectivity index (χ1v) is 5.76. The van der Waals surface area contributed by atoms with E-state index in [-0.39, 0.29) is 6.04 Å².